The molecule has 2 atom stereocenters. The molecule has 5 N–H and O–H groups in total. The number of likely N-dealkylation sites (tertiary alicyclic amines) is 1. The third-order valence-corrected chi connectivity index (χ3v) is 5.66. The summed E-state index contributed by atoms with van der Waals surface area (Å²) in [5, 5.41) is 25.3. The molecule has 0 saturated carbocycles. The van der Waals surface area contributed by atoms with Crippen LogP contribution in [0.2, 0.25) is 0 Å². The van der Waals surface area contributed by atoms with Crippen molar-refractivity contribution in [2.75, 3.05) is 18.8 Å². The number of nitrogen functional groups attached to an aromatic ring is 1. The Bertz CT molecular complexity index is 1140. The maximum Gasteiger partial charge on any atom is 0.326 e. The molecule has 35 heavy (non-hydrogen) atoms. The summed E-state index contributed by atoms with van der Waals surface area (Å²) < 4.78 is 0. The van der Waals surface area contributed by atoms with E-state index < -0.39 is 47.2 Å². The van der Waals surface area contributed by atoms with Crippen molar-refractivity contribution in [3.05, 3.63) is 69.8 Å². The van der Waals surface area contributed by atoms with E-state index in [1.54, 1.807) is 18.2 Å². The molecule has 1 aliphatic heterocycles. The molecule has 12 nitrogen and oxygen atoms in total. The van der Waals surface area contributed by atoms with Crippen molar-refractivity contribution in [3.63, 3.8) is 0 Å². The third kappa shape index (κ3) is 6.31. The number of carboxylic acids is 1. The molecule has 3 amide bonds. The Morgan fingerprint density at radius 3 is 2.46 bits per heavy atom. The van der Waals surface area contributed by atoms with Crippen LogP contribution < -0.4 is 16.4 Å². The fourth-order valence-electron chi connectivity index (χ4n) is 3.88. The number of carboxylic acid groups (broad SMARTS) is 1. The number of hydrogen-bond donors (Lipinski definition) is 4. The minimum Gasteiger partial charge on any atom is -0.480 e. The Kier molecular flexibility index (Phi) is 7.97. The highest BCUT2D eigenvalue weighted by Gasteiger charge is 2.37. The highest BCUT2D eigenvalue weighted by atomic mass is 16.6. The molecule has 1 heterocycles. The molecule has 184 valence electrons. The smallest absolute Gasteiger partial charge is 0.326 e. The van der Waals surface area contributed by atoms with Gasteiger partial charge in [-0.25, -0.2) is 4.79 Å². The lowest BCUT2D eigenvalue weighted by molar-refractivity contribution is -0.384. The monoisotopic (exact) mass is 483 g/mol. The fraction of sp³-hybridized carbons (Fsp3) is 0.304. The molecule has 0 radical (unpaired) electrons. The number of carbonyl (C=O) groups is 4. The number of nitrogens with zero attached hydrogens (tertiary/aromatic N) is 2. The van der Waals surface area contributed by atoms with Gasteiger partial charge < -0.3 is 26.4 Å². The van der Waals surface area contributed by atoms with Gasteiger partial charge in [0, 0.05) is 30.8 Å². The number of benzene rings is 2. The normalized spacial score (nSPS) is 15.8. The van der Waals surface area contributed by atoms with Gasteiger partial charge in [-0.1, -0.05) is 24.3 Å². The quantitative estimate of drug-likeness (QED) is 0.228. The molecular weight excluding hydrogens is 458 g/mol. The van der Waals surface area contributed by atoms with E-state index in [0.29, 0.717) is 18.4 Å². The number of non-ortho nitro benzene ring substituents is 1. The Balaban J connectivity index is 1.72. The van der Waals surface area contributed by atoms with E-state index in [1.807, 2.05) is 0 Å². The zero-order valence-corrected chi connectivity index (χ0v) is 18.7. The average Bonchev–Trinajstić information content (AvgIpc) is 3.33. The first-order valence-corrected chi connectivity index (χ1v) is 10.9. The van der Waals surface area contributed by atoms with Crippen LogP contribution in [0.1, 0.15) is 28.8 Å². The van der Waals surface area contributed by atoms with Crippen molar-refractivity contribution in [1.29, 1.82) is 0 Å². The summed E-state index contributed by atoms with van der Waals surface area (Å²) in [5.41, 5.74) is 6.60. The zero-order valence-electron chi connectivity index (χ0n) is 18.7. The summed E-state index contributed by atoms with van der Waals surface area (Å²) in [4.78, 5) is 61.3. The SMILES string of the molecule is Nc1ccccc1C(=O)NCC(=O)N[C@@H](Cc1ccc([N+](=O)[O-])cc1)C(=O)N1CCC[C@H]1C(=O)O. The molecule has 0 aromatic heterocycles. The Morgan fingerprint density at radius 2 is 1.83 bits per heavy atom. The maximum atomic E-state index is 13.2. The lowest BCUT2D eigenvalue weighted by atomic mass is 10.0. The number of amides is 3. The number of rotatable bonds is 9. The van der Waals surface area contributed by atoms with Crippen LogP contribution in [0.4, 0.5) is 11.4 Å². The van der Waals surface area contributed by atoms with Crippen LogP contribution >= 0.6 is 0 Å². The standard InChI is InChI=1S/C23H25N5O7/c24-17-5-2-1-4-16(17)21(30)25-13-20(29)26-18(12-14-7-9-15(10-8-14)28(34)35)22(31)27-11-3-6-19(27)23(32)33/h1-2,4-5,7-10,18-19H,3,6,11-13,24H2,(H,25,30)(H,26,29)(H,32,33)/t18-,19-/m0/s1. The Labute approximate surface area is 200 Å². The average molecular weight is 483 g/mol. The Hall–Kier alpha value is -4.48. The highest BCUT2D eigenvalue weighted by Crippen LogP contribution is 2.20. The predicted octanol–water partition coefficient (Wildman–Crippen LogP) is 0.710. The molecule has 0 aliphatic carbocycles. The van der Waals surface area contributed by atoms with Crippen LogP contribution in [0, 0.1) is 10.1 Å². The minimum absolute atomic E-state index is 0.0228. The summed E-state index contributed by atoms with van der Waals surface area (Å²) in [7, 11) is 0. The number of para-hydroxylation sites is 1. The van der Waals surface area contributed by atoms with Crippen molar-refractivity contribution in [1.82, 2.24) is 15.5 Å². The van der Waals surface area contributed by atoms with Crippen LogP contribution in [0.15, 0.2) is 48.5 Å². The fourth-order valence-corrected chi connectivity index (χ4v) is 3.88. The van der Waals surface area contributed by atoms with Crippen LogP contribution in [-0.4, -0.2) is 63.8 Å². The minimum atomic E-state index is -1.14. The van der Waals surface area contributed by atoms with Crippen LogP contribution in [-0.2, 0) is 20.8 Å². The van der Waals surface area contributed by atoms with E-state index in [4.69, 9.17) is 5.73 Å². The largest absolute Gasteiger partial charge is 0.480 e. The van der Waals surface area contributed by atoms with Gasteiger partial charge in [0.15, 0.2) is 0 Å². The molecule has 3 rings (SSSR count). The van der Waals surface area contributed by atoms with E-state index in [0.717, 1.165) is 0 Å². The lowest BCUT2D eigenvalue weighted by Crippen LogP contribution is -2.54. The summed E-state index contributed by atoms with van der Waals surface area (Å²) in [5.74, 6) is -2.95. The molecule has 0 spiro atoms. The molecule has 1 saturated heterocycles. The second-order valence-corrected chi connectivity index (χ2v) is 8.05. The molecule has 2 aromatic carbocycles. The summed E-state index contributed by atoms with van der Waals surface area (Å²) in [6.07, 6.45) is 0.786. The predicted molar refractivity (Wildman–Crippen MR) is 124 cm³/mol. The number of aliphatic carboxylic acids is 1. The second kappa shape index (κ2) is 11.1. The van der Waals surface area contributed by atoms with E-state index in [1.165, 1.54) is 35.2 Å². The highest BCUT2D eigenvalue weighted by molar-refractivity contribution is 6.01. The molecule has 1 fully saturated rings. The number of nitrogens with one attached hydrogen (secondary N) is 2. The van der Waals surface area contributed by atoms with E-state index in [9.17, 15) is 34.4 Å². The number of hydrogen-bond acceptors (Lipinski definition) is 7. The van der Waals surface area contributed by atoms with Crippen LogP contribution in [0.25, 0.3) is 0 Å². The van der Waals surface area contributed by atoms with Gasteiger partial charge in [-0.05, 0) is 30.5 Å². The van der Waals surface area contributed by atoms with Gasteiger partial charge in [0.05, 0.1) is 17.0 Å². The number of nitrogens with two attached hydrogens (primary N) is 1. The Morgan fingerprint density at radius 1 is 1.14 bits per heavy atom. The van der Waals surface area contributed by atoms with Gasteiger partial charge in [0.2, 0.25) is 11.8 Å². The zero-order chi connectivity index (χ0) is 25.5. The van der Waals surface area contributed by atoms with Gasteiger partial charge in [-0.2, -0.15) is 0 Å². The van der Waals surface area contributed by atoms with Crippen molar-refractivity contribution in [3.8, 4) is 0 Å². The summed E-state index contributed by atoms with van der Waals surface area (Å²) in [6, 6.07) is 9.67. The van der Waals surface area contributed by atoms with Gasteiger partial charge in [-0.3, -0.25) is 24.5 Å². The van der Waals surface area contributed by atoms with Crippen LogP contribution in [0.3, 0.4) is 0 Å². The second-order valence-electron chi connectivity index (χ2n) is 8.05. The first kappa shape index (κ1) is 25.1. The van der Waals surface area contributed by atoms with Gasteiger partial charge in [-0.15, -0.1) is 0 Å². The summed E-state index contributed by atoms with van der Waals surface area (Å²) >= 11 is 0. The first-order chi connectivity index (χ1) is 16.7. The van der Waals surface area contributed by atoms with Gasteiger partial charge in [0.1, 0.15) is 12.1 Å². The lowest BCUT2D eigenvalue weighted by Gasteiger charge is -2.27. The number of anilines is 1. The van der Waals surface area contributed by atoms with Gasteiger partial charge >= 0.3 is 5.97 Å². The van der Waals surface area contributed by atoms with Crippen molar-refractivity contribution < 1.29 is 29.2 Å². The summed E-state index contributed by atoms with van der Waals surface area (Å²) in [6.45, 7) is -0.216. The van der Waals surface area contributed by atoms with E-state index in [-0.39, 0.29) is 29.9 Å². The molecule has 0 unspecified atom stereocenters. The number of nitro groups is 1. The molecule has 2 aromatic rings. The van der Waals surface area contributed by atoms with Crippen molar-refractivity contribution in [2.45, 2.75) is 31.3 Å². The topological polar surface area (TPSA) is 185 Å². The molecular formula is C23H25N5O7. The third-order valence-electron chi connectivity index (χ3n) is 5.66. The van der Waals surface area contributed by atoms with Crippen molar-refractivity contribution in [2.24, 2.45) is 0 Å². The van der Waals surface area contributed by atoms with Gasteiger partial charge in [0.25, 0.3) is 11.6 Å². The van der Waals surface area contributed by atoms with Crippen molar-refractivity contribution >= 4 is 35.1 Å². The molecule has 1 aliphatic rings. The molecule has 0 bridgehead atoms. The number of carbonyl (C=O) groups excluding carboxylic acids is 3. The van der Waals surface area contributed by atoms with E-state index >= 15 is 0 Å². The maximum absolute atomic E-state index is 13.2. The number of nitro benzene ring substituents is 1. The van der Waals surface area contributed by atoms with E-state index in [2.05, 4.69) is 10.6 Å². The van der Waals surface area contributed by atoms with Crippen LogP contribution in [0.5, 0.6) is 0 Å². The molecule has 12 heteroatoms. The first-order valence-electron chi connectivity index (χ1n) is 10.9.